The number of carboxylic acid groups (broad SMARTS) is 1. The van der Waals surface area contributed by atoms with Gasteiger partial charge < -0.3 is 14.6 Å². The number of allylic oxidation sites excluding steroid dienone is 1. The zero-order valence-electron chi connectivity index (χ0n) is 23.6. The molecular formula is C31H50O4. The second-order valence-electron chi connectivity index (χ2n) is 11.4. The number of ether oxygens (including phenoxy) is 2. The number of hydrogen-bond acceptors (Lipinski definition) is 3. The molecule has 1 aliphatic rings. The summed E-state index contributed by atoms with van der Waals surface area (Å²) in [5.41, 5.74) is 3.90. The Balaban J connectivity index is 2.14. The maximum Gasteiger partial charge on any atom is 0.344 e. The van der Waals surface area contributed by atoms with E-state index in [-0.39, 0.29) is 5.60 Å². The number of hydrogen-bond donors (Lipinski definition) is 1. The van der Waals surface area contributed by atoms with Crippen LogP contribution in [-0.4, -0.2) is 22.8 Å². The minimum absolute atomic E-state index is 0.319. The molecule has 198 valence electrons. The molecule has 2 rings (SSSR count). The fourth-order valence-corrected chi connectivity index (χ4v) is 5.04. The van der Waals surface area contributed by atoms with E-state index < -0.39 is 12.1 Å². The summed E-state index contributed by atoms with van der Waals surface area (Å²) < 4.78 is 12.8. The smallest absolute Gasteiger partial charge is 0.344 e. The van der Waals surface area contributed by atoms with Gasteiger partial charge in [-0.15, -0.1) is 0 Å². The molecule has 0 fully saturated rings. The Morgan fingerprint density at radius 2 is 1.77 bits per heavy atom. The average molecular weight is 487 g/mol. The van der Waals surface area contributed by atoms with Crippen LogP contribution in [0, 0.1) is 32.6 Å². The number of fused-ring (bicyclic) bond motifs is 1. The van der Waals surface area contributed by atoms with Gasteiger partial charge >= 0.3 is 5.97 Å². The Morgan fingerprint density at radius 1 is 1.06 bits per heavy atom. The number of rotatable bonds is 14. The Hall–Kier alpha value is -1.97. The van der Waals surface area contributed by atoms with Crippen molar-refractivity contribution in [2.45, 2.75) is 131 Å². The van der Waals surface area contributed by atoms with Gasteiger partial charge in [-0.1, -0.05) is 65.9 Å². The molecule has 3 atom stereocenters. The van der Waals surface area contributed by atoms with Gasteiger partial charge in [-0.3, -0.25) is 0 Å². The lowest BCUT2D eigenvalue weighted by Gasteiger charge is -2.36. The summed E-state index contributed by atoms with van der Waals surface area (Å²) in [7, 11) is 0. The van der Waals surface area contributed by atoms with Crippen LogP contribution in [0.15, 0.2) is 12.2 Å². The second kappa shape index (κ2) is 13.4. The first-order chi connectivity index (χ1) is 16.5. The van der Waals surface area contributed by atoms with Gasteiger partial charge in [0.1, 0.15) is 17.1 Å². The average Bonchev–Trinajstić information content (AvgIpc) is 2.78. The molecule has 1 heterocycles. The lowest BCUT2D eigenvalue weighted by molar-refractivity contribution is -0.145. The summed E-state index contributed by atoms with van der Waals surface area (Å²) >= 11 is 0. The third-order valence-electron chi connectivity index (χ3n) is 7.61. The van der Waals surface area contributed by atoms with E-state index >= 15 is 0 Å². The minimum atomic E-state index is -0.886. The molecule has 1 aliphatic heterocycles. The van der Waals surface area contributed by atoms with E-state index in [4.69, 9.17) is 9.47 Å². The van der Waals surface area contributed by atoms with Crippen molar-refractivity contribution in [3.63, 3.8) is 0 Å². The molecule has 0 bridgehead atoms. The van der Waals surface area contributed by atoms with Crippen LogP contribution in [0.4, 0.5) is 0 Å². The number of aliphatic carboxylic acids is 1. The van der Waals surface area contributed by atoms with Crippen molar-refractivity contribution in [1.29, 1.82) is 0 Å². The molecule has 1 N–H and O–H groups in total. The van der Waals surface area contributed by atoms with Crippen LogP contribution in [0.25, 0.3) is 0 Å². The molecule has 0 radical (unpaired) electrons. The van der Waals surface area contributed by atoms with Crippen molar-refractivity contribution in [1.82, 2.24) is 0 Å². The van der Waals surface area contributed by atoms with Crippen LogP contribution in [0.2, 0.25) is 0 Å². The normalized spacial score (nSPS) is 19.5. The lowest BCUT2D eigenvalue weighted by atomic mass is 9.86. The molecule has 0 aromatic heterocycles. The van der Waals surface area contributed by atoms with Gasteiger partial charge in [0.15, 0.2) is 6.10 Å². The van der Waals surface area contributed by atoms with Crippen molar-refractivity contribution in [3.8, 4) is 11.5 Å². The van der Waals surface area contributed by atoms with E-state index in [1.807, 2.05) is 13.8 Å². The summed E-state index contributed by atoms with van der Waals surface area (Å²) in [6.07, 6.45) is 14.0. The van der Waals surface area contributed by atoms with Gasteiger partial charge in [-0.2, -0.15) is 0 Å². The van der Waals surface area contributed by atoms with E-state index in [0.717, 1.165) is 78.2 Å². The lowest BCUT2D eigenvalue weighted by Crippen LogP contribution is -2.35. The van der Waals surface area contributed by atoms with Gasteiger partial charge in [-0.05, 0) is 94.4 Å². The second-order valence-corrected chi connectivity index (χ2v) is 11.4. The molecule has 0 aliphatic carbocycles. The molecule has 0 spiro atoms. The first-order valence-electron chi connectivity index (χ1n) is 13.9. The van der Waals surface area contributed by atoms with Crippen molar-refractivity contribution in [2.75, 3.05) is 0 Å². The molecule has 1 aromatic carbocycles. The molecular weight excluding hydrogens is 436 g/mol. The number of unbranched alkanes of at least 4 members (excludes halogenated alkanes) is 2. The molecule has 4 nitrogen and oxygen atoms in total. The van der Waals surface area contributed by atoms with Crippen molar-refractivity contribution < 1.29 is 19.4 Å². The van der Waals surface area contributed by atoms with Crippen LogP contribution in [0.3, 0.4) is 0 Å². The highest BCUT2D eigenvalue weighted by Crippen LogP contribution is 2.44. The molecule has 1 aromatic rings. The van der Waals surface area contributed by atoms with E-state index in [2.05, 4.69) is 53.7 Å². The molecule has 0 saturated carbocycles. The summed E-state index contributed by atoms with van der Waals surface area (Å²) in [5, 5.41) is 9.73. The zero-order valence-corrected chi connectivity index (χ0v) is 23.6. The van der Waals surface area contributed by atoms with E-state index in [9.17, 15) is 9.90 Å². The van der Waals surface area contributed by atoms with Crippen molar-refractivity contribution >= 4 is 5.97 Å². The van der Waals surface area contributed by atoms with Gasteiger partial charge in [0, 0.05) is 5.56 Å². The summed E-state index contributed by atoms with van der Waals surface area (Å²) in [4.78, 5) is 11.9. The molecule has 3 unspecified atom stereocenters. The Labute approximate surface area is 214 Å². The number of carboxylic acids is 1. The van der Waals surface area contributed by atoms with Gasteiger partial charge in [0.25, 0.3) is 0 Å². The summed E-state index contributed by atoms with van der Waals surface area (Å²) in [6.45, 7) is 17.4. The van der Waals surface area contributed by atoms with Crippen LogP contribution in [0.5, 0.6) is 11.5 Å². The van der Waals surface area contributed by atoms with Crippen LogP contribution >= 0.6 is 0 Å². The first kappa shape index (κ1) is 29.3. The van der Waals surface area contributed by atoms with Crippen LogP contribution in [0.1, 0.15) is 115 Å². The fraction of sp³-hybridized carbons (Fsp3) is 0.710. The molecule has 4 heteroatoms. The maximum atomic E-state index is 11.9. The SMILES string of the molecule is CCCCCC(Oc1c(C)c(C)c2c(c1C)CCC(C)(/C=C/CC(C)CCCC(C)C)O2)C(=O)O. The van der Waals surface area contributed by atoms with Gasteiger partial charge in [0.05, 0.1) is 0 Å². The predicted molar refractivity (Wildman–Crippen MR) is 146 cm³/mol. The summed E-state index contributed by atoms with van der Waals surface area (Å²) in [5.74, 6) is 2.26. The van der Waals surface area contributed by atoms with Gasteiger partial charge in [0.2, 0.25) is 0 Å². The molecule has 0 saturated heterocycles. The monoisotopic (exact) mass is 486 g/mol. The standard InChI is InChI=1S/C31H50O4/c1-9-10-11-17-27(30(32)33)34-28-23(5)24(6)29-26(25(28)7)18-20-31(8,35-29)19-13-16-22(4)15-12-14-21(2)3/h13,19,21-22,27H,9-12,14-18,20H2,1-8H3,(H,32,33)/b19-13+. The van der Waals surface area contributed by atoms with Crippen molar-refractivity contribution in [3.05, 3.63) is 34.4 Å². The molecule has 0 amide bonds. The van der Waals surface area contributed by atoms with E-state index in [1.165, 1.54) is 19.3 Å². The Bertz CT molecular complexity index is 869. The van der Waals surface area contributed by atoms with E-state index in [1.54, 1.807) is 0 Å². The highest BCUT2D eigenvalue weighted by molar-refractivity contribution is 5.73. The van der Waals surface area contributed by atoms with Crippen LogP contribution < -0.4 is 9.47 Å². The third kappa shape index (κ3) is 8.29. The quantitative estimate of drug-likeness (QED) is 0.211. The highest BCUT2D eigenvalue weighted by atomic mass is 16.5. The fourth-order valence-electron chi connectivity index (χ4n) is 5.04. The summed E-state index contributed by atoms with van der Waals surface area (Å²) in [6, 6.07) is 0. The predicted octanol–water partition coefficient (Wildman–Crippen LogP) is 8.52. The maximum absolute atomic E-state index is 11.9. The minimum Gasteiger partial charge on any atom is -0.483 e. The third-order valence-corrected chi connectivity index (χ3v) is 7.61. The largest absolute Gasteiger partial charge is 0.483 e. The Kier molecular flexibility index (Phi) is 11.2. The zero-order chi connectivity index (χ0) is 26.2. The Morgan fingerprint density at radius 3 is 2.40 bits per heavy atom. The van der Waals surface area contributed by atoms with Crippen LogP contribution in [-0.2, 0) is 11.2 Å². The number of benzene rings is 1. The first-order valence-corrected chi connectivity index (χ1v) is 13.9. The topological polar surface area (TPSA) is 55.8 Å². The van der Waals surface area contributed by atoms with E-state index in [0.29, 0.717) is 12.3 Å². The van der Waals surface area contributed by atoms with Crippen molar-refractivity contribution in [2.24, 2.45) is 11.8 Å². The number of carbonyl (C=O) groups is 1. The van der Waals surface area contributed by atoms with Gasteiger partial charge in [-0.25, -0.2) is 4.79 Å². The molecule has 35 heavy (non-hydrogen) atoms. The highest BCUT2D eigenvalue weighted by Gasteiger charge is 2.33.